The maximum Gasteiger partial charge on any atom is 0.167 e. The van der Waals surface area contributed by atoms with Crippen LogP contribution in [0.2, 0.25) is 0 Å². The quantitative estimate of drug-likeness (QED) is 0.201. The minimum Gasteiger partial charge on any atom is -0.393 e. The molecule has 0 aromatic heterocycles. The van der Waals surface area contributed by atoms with E-state index in [9.17, 15) is 10.2 Å². The van der Waals surface area contributed by atoms with Gasteiger partial charge in [0.25, 0.3) is 0 Å². The summed E-state index contributed by atoms with van der Waals surface area (Å²) in [5.41, 5.74) is 0. The Balaban J connectivity index is 2.58. The van der Waals surface area contributed by atoms with Crippen LogP contribution in [0.4, 0.5) is 0 Å². The molecular weight excluding hydrogens is 352 g/mol. The molecule has 166 valence electrons. The summed E-state index contributed by atoms with van der Waals surface area (Å²) >= 11 is 0. The number of methoxy groups -OCH3 is 2. The highest BCUT2D eigenvalue weighted by Crippen LogP contribution is 2.40. The molecule has 1 saturated carbocycles. The normalized spacial score (nSPS) is 25.8. The van der Waals surface area contributed by atoms with Gasteiger partial charge in [-0.2, -0.15) is 0 Å². The van der Waals surface area contributed by atoms with Crippen molar-refractivity contribution in [3.63, 3.8) is 0 Å². The Morgan fingerprint density at radius 1 is 0.821 bits per heavy atom. The highest BCUT2D eigenvalue weighted by molar-refractivity contribution is 4.96. The van der Waals surface area contributed by atoms with Gasteiger partial charge in [0.2, 0.25) is 0 Å². The summed E-state index contributed by atoms with van der Waals surface area (Å²) in [6, 6.07) is 0. The molecule has 0 radical (unpaired) electrons. The third-order valence-corrected chi connectivity index (χ3v) is 6.58. The van der Waals surface area contributed by atoms with Crippen LogP contribution in [0.3, 0.4) is 0 Å². The van der Waals surface area contributed by atoms with Gasteiger partial charge in [-0.1, -0.05) is 64.5 Å². The molecule has 2 N–H and O–H groups in total. The van der Waals surface area contributed by atoms with E-state index in [0.29, 0.717) is 6.42 Å². The molecule has 1 aliphatic carbocycles. The summed E-state index contributed by atoms with van der Waals surface area (Å²) < 4.78 is 11.6. The Morgan fingerprint density at radius 2 is 1.46 bits per heavy atom. The van der Waals surface area contributed by atoms with Gasteiger partial charge in [-0.05, 0) is 43.9 Å². The lowest BCUT2D eigenvalue weighted by Gasteiger charge is -2.33. The first kappa shape index (κ1) is 25.6. The monoisotopic (exact) mass is 398 g/mol. The van der Waals surface area contributed by atoms with Gasteiger partial charge in [0, 0.05) is 27.1 Å². The Bertz CT molecular complexity index is 405. The summed E-state index contributed by atoms with van der Waals surface area (Å²) in [5, 5.41) is 21.0. The van der Waals surface area contributed by atoms with E-state index in [1.807, 2.05) is 0 Å². The molecule has 0 aromatic rings. The van der Waals surface area contributed by atoms with Crippen LogP contribution >= 0.6 is 0 Å². The van der Waals surface area contributed by atoms with Crippen molar-refractivity contribution in [1.29, 1.82) is 0 Å². The molecule has 0 saturated heterocycles. The molecule has 0 aromatic carbocycles. The first-order valence-electron chi connectivity index (χ1n) is 11.6. The summed E-state index contributed by atoms with van der Waals surface area (Å²) in [7, 11) is 3.45. The maximum atomic E-state index is 10.5. The summed E-state index contributed by atoms with van der Waals surface area (Å²) in [6.07, 6.45) is 17.0. The predicted molar refractivity (Wildman–Crippen MR) is 116 cm³/mol. The Labute approximate surface area is 173 Å². The second kappa shape index (κ2) is 14.5. The topological polar surface area (TPSA) is 58.9 Å². The highest BCUT2D eigenvalue weighted by Gasteiger charge is 2.42. The minimum atomic E-state index is -0.568. The highest BCUT2D eigenvalue weighted by atomic mass is 16.7. The van der Waals surface area contributed by atoms with Gasteiger partial charge < -0.3 is 19.7 Å². The summed E-state index contributed by atoms with van der Waals surface area (Å²) in [6.45, 7) is 4.42. The number of hydrogen-bond donors (Lipinski definition) is 2. The van der Waals surface area contributed by atoms with E-state index in [1.54, 1.807) is 14.2 Å². The van der Waals surface area contributed by atoms with E-state index >= 15 is 0 Å². The van der Waals surface area contributed by atoms with Gasteiger partial charge in [-0.15, -0.1) is 0 Å². The van der Waals surface area contributed by atoms with Gasteiger partial charge in [-0.3, -0.25) is 0 Å². The van der Waals surface area contributed by atoms with Crippen molar-refractivity contribution in [2.75, 3.05) is 14.2 Å². The molecule has 0 aliphatic heterocycles. The standard InChI is InChI=1S/C24H46O4/c1-5-7-9-11-13-15-20-21(23(26)19-22(20)25)16-18-24(27-3,28-4)17-14-12-10-8-6-2/h11,13,20-23,25-26H,5-10,12,14-19H2,1-4H3/b13-11-/t20-,21-,22+,23-/m1/s1. The van der Waals surface area contributed by atoms with Crippen molar-refractivity contribution in [2.45, 2.75) is 115 Å². The van der Waals surface area contributed by atoms with Crippen LogP contribution in [-0.4, -0.2) is 42.4 Å². The molecule has 0 bridgehead atoms. The third kappa shape index (κ3) is 8.52. The number of ether oxygens (including phenoxy) is 2. The zero-order valence-corrected chi connectivity index (χ0v) is 18.9. The van der Waals surface area contributed by atoms with Crippen molar-refractivity contribution < 1.29 is 19.7 Å². The van der Waals surface area contributed by atoms with Crippen molar-refractivity contribution in [2.24, 2.45) is 11.8 Å². The SMILES string of the molecule is CCCC/C=C\C[C@@H]1[C@@H](CCC(CCCCCCC)(OC)OC)[C@H](O)C[C@@H]1O. The molecule has 4 atom stereocenters. The number of unbranched alkanes of at least 4 members (excludes halogenated alkanes) is 6. The number of rotatable bonds is 16. The van der Waals surface area contributed by atoms with E-state index in [-0.39, 0.29) is 11.8 Å². The van der Waals surface area contributed by atoms with E-state index < -0.39 is 18.0 Å². The van der Waals surface area contributed by atoms with Gasteiger partial charge >= 0.3 is 0 Å². The predicted octanol–water partition coefficient (Wildman–Crippen LogP) is 5.61. The number of aliphatic hydroxyl groups is 2. The zero-order chi connectivity index (χ0) is 20.8. The first-order valence-corrected chi connectivity index (χ1v) is 11.6. The molecule has 28 heavy (non-hydrogen) atoms. The number of allylic oxidation sites excluding steroid dienone is 2. The van der Waals surface area contributed by atoms with Gasteiger partial charge in [0.05, 0.1) is 12.2 Å². The lowest BCUT2D eigenvalue weighted by atomic mass is 9.85. The lowest BCUT2D eigenvalue weighted by molar-refractivity contribution is -0.218. The van der Waals surface area contributed by atoms with Crippen LogP contribution in [-0.2, 0) is 9.47 Å². The summed E-state index contributed by atoms with van der Waals surface area (Å²) in [4.78, 5) is 0. The van der Waals surface area contributed by atoms with Crippen LogP contribution in [0.1, 0.15) is 97.3 Å². The fourth-order valence-electron chi connectivity index (χ4n) is 4.60. The molecule has 0 amide bonds. The molecule has 4 nitrogen and oxygen atoms in total. The van der Waals surface area contributed by atoms with E-state index in [1.165, 1.54) is 38.5 Å². The minimum absolute atomic E-state index is 0.107. The lowest BCUT2D eigenvalue weighted by Crippen LogP contribution is -2.35. The molecular formula is C24H46O4. The van der Waals surface area contributed by atoms with Gasteiger partial charge in [0.1, 0.15) is 0 Å². The fourth-order valence-corrected chi connectivity index (χ4v) is 4.60. The molecule has 1 rings (SSSR count). The number of aliphatic hydroxyl groups excluding tert-OH is 2. The Hall–Kier alpha value is -0.420. The molecule has 4 heteroatoms. The number of hydrogen-bond acceptors (Lipinski definition) is 4. The van der Waals surface area contributed by atoms with E-state index in [4.69, 9.17) is 9.47 Å². The average Bonchev–Trinajstić information content (AvgIpc) is 2.97. The van der Waals surface area contributed by atoms with Crippen LogP contribution in [0.25, 0.3) is 0 Å². The molecule has 1 fully saturated rings. The molecule has 0 heterocycles. The smallest absolute Gasteiger partial charge is 0.167 e. The van der Waals surface area contributed by atoms with Crippen molar-refractivity contribution in [1.82, 2.24) is 0 Å². The fraction of sp³-hybridized carbons (Fsp3) is 0.917. The van der Waals surface area contributed by atoms with Crippen LogP contribution in [0.5, 0.6) is 0 Å². The molecule has 0 unspecified atom stereocenters. The van der Waals surface area contributed by atoms with Crippen LogP contribution in [0.15, 0.2) is 12.2 Å². The molecule has 1 aliphatic rings. The van der Waals surface area contributed by atoms with Crippen LogP contribution < -0.4 is 0 Å². The Kier molecular flexibility index (Phi) is 13.3. The second-order valence-electron chi connectivity index (χ2n) is 8.57. The maximum absolute atomic E-state index is 10.5. The zero-order valence-electron chi connectivity index (χ0n) is 18.9. The van der Waals surface area contributed by atoms with Crippen molar-refractivity contribution in [3.05, 3.63) is 12.2 Å². The summed E-state index contributed by atoms with van der Waals surface area (Å²) in [5.74, 6) is -0.333. The average molecular weight is 399 g/mol. The van der Waals surface area contributed by atoms with Crippen molar-refractivity contribution in [3.8, 4) is 0 Å². The molecule has 0 spiro atoms. The van der Waals surface area contributed by atoms with Crippen LogP contribution in [0, 0.1) is 11.8 Å². The van der Waals surface area contributed by atoms with Crippen molar-refractivity contribution >= 4 is 0 Å². The van der Waals surface area contributed by atoms with Gasteiger partial charge in [0.15, 0.2) is 5.79 Å². The first-order chi connectivity index (χ1) is 13.5. The van der Waals surface area contributed by atoms with E-state index in [0.717, 1.165) is 38.5 Å². The largest absolute Gasteiger partial charge is 0.393 e. The Morgan fingerprint density at radius 3 is 2.11 bits per heavy atom. The second-order valence-corrected chi connectivity index (χ2v) is 8.57. The third-order valence-electron chi connectivity index (χ3n) is 6.58. The van der Waals surface area contributed by atoms with E-state index in [2.05, 4.69) is 26.0 Å². The van der Waals surface area contributed by atoms with Gasteiger partial charge in [-0.25, -0.2) is 0 Å².